The Morgan fingerprint density at radius 1 is 1.11 bits per heavy atom. The summed E-state index contributed by atoms with van der Waals surface area (Å²) in [5.41, 5.74) is 1.76. The second-order valence-corrected chi connectivity index (χ2v) is 6.73. The van der Waals surface area contributed by atoms with Crippen molar-refractivity contribution in [1.29, 1.82) is 0 Å². The van der Waals surface area contributed by atoms with Crippen LogP contribution in [0.25, 0.3) is 0 Å². The molecule has 0 aliphatic heterocycles. The molecule has 2 amide bonds. The van der Waals surface area contributed by atoms with Gasteiger partial charge in [0, 0.05) is 45.2 Å². The molecule has 0 saturated heterocycles. The van der Waals surface area contributed by atoms with E-state index in [0.29, 0.717) is 12.1 Å². The molecule has 7 nitrogen and oxygen atoms in total. The fourth-order valence-electron chi connectivity index (χ4n) is 2.88. The van der Waals surface area contributed by atoms with Crippen molar-refractivity contribution in [2.75, 3.05) is 33.7 Å². The molecule has 1 fully saturated rings. The summed E-state index contributed by atoms with van der Waals surface area (Å²) in [4.78, 5) is 27.6. The predicted octanol–water partition coefficient (Wildman–Crippen LogP) is 1.06. The molecule has 27 heavy (non-hydrogen) atoms. The van der Waals surface area contributed by atoms with Crippen molar-refractivity contribution < 1.29 is 9.59 Å². The van der Waals surface area contributed by atoms with Gasteiger partial charge < -0.3 is 21.3 Å². The number of nitrogens with one attached hydrogen (secondary N) is 4. The first-order chi connectivity index (χ1) is 13.1. The van der Waals surface area contributed by atoms with Crippen LogP contribution in [-0.2, 0) is 11.2 Å². The summed E-state index contributed by atoms with van der Waals surface area (Å²) >= 11 is 0. The molecule has 1 aliphatic carbocycles. The maximum atomic E-state index is 11.7. The van der Waals surface area contributed by atoms with E-state index in [-0.39, 0.29) is 17.7 Å². The quantitative estimate of drug-likeness (QED) is 0.296. The van der Waals surface area contributed by atoms with E-state index in [4.69, 9.17) is 0 Å². The largest absolute Gasteiger partial charge is 0.356 e. The van der Waals surface area contributed by atoms with Gasteiger partial charge >= 0.3 is 0 Å². The van der Waals surface area contributed by atoms with Gasteiger partial charge in [0.1, 0.15) is 0 Å². The summed E-state index contributed by atoms with van der Waals surface area (Å²) in [5, 5.41) is 12.1. The highest BCUT2D eigenvalue weighted by Gasteiger charge is 2.24. The number of hydrogen-bond donors (Lipinski definition) is 4. The van der Waals surface area contributed by atoms with Crippen LogP contribution in [0.15, 0.2) is 29.3 Å². The zero-order chi connectivity index (χ0) is 19.5. The molecule has 148 valence electrons. The summed E-state index contributed by atoms with van der Waals surface area (Å²) in [6, 6.07) is 7.61. The fraction of sp³-hybridized carbons (Fsp3) is 0.550. The van der Waals surface area contributed by atoms with Crippen LogP contribution in [0, 0.1) is 5.92 Å². The fourth-order valence-corrected chi connectivity index (χ4v) is 2.88. The van der Waals surface area contributed by atoms with Crippen LogP contribution < -0.4 is 21.3 Å². The third kappa shape index (κ3) is 6.92. The van der Waals surface area contributed by atoms with Gasteiger partial charge in [-0.25, -0.2) is 0 Å². The number of carbonyl (C=O) groups excluding carboxylic acids is 2. The highest BCUT2D eigenvalue weighted by Crippen LogP contribution is 2.25. The van der Waals surface area contributed by atoms with Crippen LogP contribution in [0.2, 0.25) is 0 Å². The third-order valence-corrected chi connectivity index (χ3v) is 4.77. The maximum Gasteiger partial charge on any atom is 0.251 e. The number of nitrogens with zero attached hydrogens (tertiary/aromatic N) is 1. The molecule has 1 aliphatic rings. The van der Waals surface area contributed by atoms with Gasteiger partial charge in [-0.2, -0.15) is 0 Å². The Bertz CT molecular complexity index is 656. The van der Waals surface area contributed by atoms with Crippen LogP contribution >= 0.6 is 0 Å². The Morgan fingerprint density at radius 3 is 2.52 bits per heavy atom. The molecular weight excluding hydrogens is 342 g/mol. The molecule has 0 atom stereocenters. The van der Waals surface area contributed by atoms with Gasteiger partial charge in [-0.1, -0.05) is 18.6 Å². The lowest BCUT2D eigenvalue weighted by atomic mass is 9.85. The van der Waals surface area contributed by atoms with E-state index in [0.717, 1.165) is 50.3 Å². The molecule has 0 aromatic heterocycles. The number of carbonyl (C=O) groups is 2. The highest BCUT2D eigenvalue weighted by atomic mass is 16.2. The van der Waals surface area contributed by atoms with E-state index in [1.165, 1.54) is 6.42 Å². The Kier molecular flexibility index (Phi) is 8.61. The number of hydrogen-bond acceptors (Lipinski definition) is 3. The smallest absolute Gasteiger partial charge is 0.251 e. The second kappa shape index (κ2) is 11.2. The van der Waals surface area contributed by atoms with E-state index in [9.17, 15) is 9.59 Å². The van der Waals surface area contributed by atoms with Gasteiger partial charge in [-0.05, 0) is 43.4 Å². The molecule has 4 N–H and O–H groups in total. The van der Waals surface area contributed by atoms with E-state index < -0.39 is 0 Å². The normalized spacial score (nSPS) is 14.2. The number of amides is 2. The summed E-state index contributed by atoms with van der Waals surface area (Å²) in [7, 11) is 3.37. The number of rotatable bonds is 9. The van der Waals surface area contributed by atoms with Crippen LogP contribution in [0.1, 0.15) is 41.6 Å². The summed E-state index contributed by atoms with van der Waals surface area (Å²) < 4.78 is 0. The van der Waals surface area contributed by atoms with E-state index in [2.05, 4.69) is 26.3 Å². The molecular formula is C20H31N5O2. The number of guanidine groups is 1. The van der Waals surface area contributed by atoms with Crippen LogP contribution in [0.4, 0.5) is 0 Å². The summed E-state index contributed by atoms with van der Waals surface area (Å²) in [5.74, 6) is 1.10. The van der Waals surface area contributed by atoms with E-state index in [1.807, 2.05) is 18.2 Å². The summed E-state index contributed by atoms with van der Waals surface area (Å²) in [6.07, 6.45) is 4.90. The Morgan fingerprint density at radius 2 is 1.85 bits per heavy atom. The Balaban J connectivity index is 1.61. The zero-order valence-electron chi connectivity index (χ0n) is 16.3. The predicted molar refractivity (Wildman–Crippen MR) is 108 cm³/mol. The van der Waals surface area contributed by atoms with Crippen molar-refractivity contribution in [2.24, 2.45) is 10.9 Å². The van der Waals surface area contributed by atoms with Crippen molar-refractivity contribution in [3.05, 3.63) is 35.4 Å². The van der Waals surface area contributed by atoms with Gasteiger partial charge in [-0.3, -0.25) is 14.6 Å². The van der Waals surface area contributed by atoms with Gasteiger partial charge in [0.25, 0.3) is 5.91 Å². The standard InChI is InChI=1S/C20H31N5O2/c1-21-18(26)17-9-3-6-15(14-17)10-13-25-20(22-2)24-12-5-11-23-19(27)16-7-4-8-16/h3,6,9,14,16H,4-5,7-8,10-13H2,1-2H3,(H,21,26)(H,23,27)(H2,22,24,25). The van der Waals surface area contributed by atoms with Crippen molar-refractivity contribution >= 4 is 17.8 Å². The van der Waals surface area contributed by atoms with E-state index in [1.54, 1.807) is 20.2 Å². The lowest BCUT2D eigenvalue weighted by molar-refractivity contribution is -0.127. The lowest BCUT2D eigenvalue weighted by Crippen LogP contribution is -2.40. The van der Waals surface area contributed by atoms with Gasteiger partial charge in [0.15, 0.2) is 5.96 Å². The second-order valence-electron chi connectivity index (χ2n) is 6.73. The average molecular weight is 374 g/mol. The van der Waals surface area contributed by atoms with Crippen LogP contribution in [0.5, 0.6) is 0 Å². The highest BCUT2D eigenvalue weighted by molar-refractivity contribution is 5.94. The first-order valence-corrected chi connectivity index (χ1v) is 9.67. The van der Waals surface area contributed by atoms with Crippen molar-refractivity contribution in [1.82, 2.24) is 21.3 Å². The first-order valence-electron chi connectivity index (χ1n) is 9.67. The molecule has 2 rings (SSSR count). The molecule has 0 radical (unpaired) electrons. The molecule has 1 saturated carbocycles. The maximum absolute atomic E-state index is 11.7. The minimum absolute atomic E-state index is 0.0771. The van der Waals surface area contributed by atoms with Crippen molar-refractivity contribution in [3.8, 4) is 0 Å². The topological polar surface area (TPSA) is 94.6 Å². The SMILES string of the molecule is CN=C(NCCCNC(=O)C1CCC1)NCCc1cccc(C(=O)NC)c1. The van der Waals surface area contributed by atoms with Gasteiger partial charge in [-0.15, -0.1) is 0 Å². The molecule has 0 heterocycles. The van der Waals surface area contributed by atoms with Gasteiger partial charge in [0.05, 0.1) is 0 Å². The minimum atomic E-state index is -0.0771. The van der Waals surface area contributed by atoms with Crippen LogP contribution in [-0.4, -0.2) is 51.5 Å². The number of aliphatic imine (C=N–C) groups is 1. The van der Waals surface area contributed by atoms with E-state index >= 15 is 0 Å². The Hall–Kier alpha value is -2.57. The molecule has 0 spiro atoms. The molecule has 1 aromatic carbocycles. The third-order valence-electron chi connectivity index (χ3n) is 4.77. The molecule has 7 heteroatoms. The minimum Gasteiger partial charge on any atom is -0.356 e. The molecule has 0 bridgehead atoms. The zero-order valence-corrected chi connectivity index (χ0v) is 16.3. The molecule has 0 unspecified atom stereocenters. The monoisotopic (exact) mass is 373 g/mol. The van der Waals surface area contributed by atoms with Crippen molar-refractivity contribution in [3.63, 3.8) is 0 Å². The van der Waals surface area contributed by atoms with Crippen LogP contribution in [0.3, 0.4) is 0 Å². The first kappa shape index (κ1) is 20.7. The van der Waals surface area contributed by atoms with Crippen molar-refractivity contribution in [2.45, 2.75) is 32.1 Å². The van der Waals surface area contributed by atoms with Gasteiger partial charge in [0.2, 0.25) is 5.91 Å². The summed E-state index contributed by atoms with van der Waals surface area (Å²) in [6.45, 7) is 2.15. The lowest BCUT2D eigenvalue weighted by Gasteiger charge is -2.24. The average Bonchev–Trinajstić information content (AvgIpc) is 2.64. The Labute approximate surface area is 161 Å². The number of benzene rings is 1. The molecule has 1 aromatic rings.